The minimum atomic E-state index is -4.02. The number of nitrogens with zero attached hydrogens (tertiary/aromatic N) is 1. The van der Waals surface area contributed by atoms with Gasteiger partial charge < -0.3 is 20.5 Å². The molecule has 4 N–H and O–H groups in total. The maximum absolute atomic E-state index is 13.4. The van der Waals surface area contributed by atoms with Crippen LogP contribution in [0.4, 0.5) is 10.1 Å². The van der Waals surface area contributed by atoms with Crippen molar-refractivity contribution in [1.29, 1.82) is 0 Å². The van der Waals surface area contributed by atoms with Crippen LogP contribution in [0, 0.1) is 11.7 Å². The Hall–Kier alpha value is -2.50. The Morgan fingerprint density at radius 2 is 2.06 bits per heavy atom. The van der Waals surface area contributed by atoms with Crippen LogP contribution in [0.15, 0.2) is 47.5 Å². The Morgan fingerprint density at radius 3 is 2.75 bits per heavy atom. The highest BCUT2D eigenvalue weighted by Gasteiger charge is 2.35. The predicted octanol–water partition coefficient (Wildman–Crippen LogP) is 2.58. The van der Waals surface area contributed by atoms with Crippen LogP contribution in [-0.4, -0.2) is 59.6 Å². The third kappa shape index (κ3) is 4.24. The molecule has 2 unspecified atom stereocenters. The van der Waals surface area contributed by atoms with Gasteiger partial charge in [0.05, 0.1) is 21.6 Å². The molecule has 4 rings (SSSR count). The van der Waals surface area contributed by atoms with Crippen molar-refractivity contribution in [1.82, 2.24) is 9.29 Å². The van der Waals surface area contributed by atoms with E-state index in [0.29, 0.717) is 17.3 Å². The fourth-order valence-electron chi connectivity index (χ4n) is 3.78. The zero-order valence-electron chi connectivity index (χ0n) is 16.8. The summed E-state index contributed by atoms with van der Waals surface area (Å²) in [5.74, 6) is -1.59. The maximum Gasteiger partial charge on any atom is 0.256 e. The number of hydrogen-bond donors (Lipinski definition) is 4. The molecule has 0 aliphatic carbocycles. The number of hydrogen-bond acceptors (Lipinski definition) is 5. The second-order valence-electron chi connectivity index (χ2n) is 7.65. The molecule has 2 aromatic carbocycles. The highest BCUT2D eigenvalue weighted by atomic mass is 35.5. The zero-order chi connectivity index (χ0) is 23.0. The molecule has 1 amide bonds. The van der Waals surface area contributed by atoms with Gasteiger partial charge in [0.25, 0.3) is 5.91 Å². The van der Waals surface area contributed by atoms with Crippen molar-refractivity contribution >= 4 is 44.1 Å². The Kier molecular flexibility index (Phi) is 6.24. The van der Waals surface area contributed by atoms with Crippen molar-refractivity contribution in [2.75, 3.05) is 25.0 Å². The molecule has 32 heavy (non-hydrogen) atoms. The van der Waals surface area contributed by atoms with E-state index in [1.165, 1.54) is 24.3 Å². The van der Waals surface area contributed by atoms with E-state index in [-0.39, 0.29) is 46.8 Å². The first kappa shape index (κ1) is 22.7. The van der Waals surface area contributed by atoms with Gasteiger partial charge in [-0.1, -0.05) is 11.6 Å². The van der Waals surface area contributed by atoms with Crippen LogP contribution in [0.25, 0.3) is 10.9 Å². The summed E-state index contributed by atoms with van der Waals surface area (Å²) in [5, 5.41) is 22.4. The van der Waals surface area contributed by atoms with Gasteiger partial charge in [0.15, 0.2) is 0 Å². The quantitative estimate of drug-likeness (QED) is 0.446. The van der Waals surface area contributed by atoms with Crippen LogP contribution in [0.5, 0.6) is 0 Å². The molecular formula is C21H21ClFN3O5S. The first-order valence-corrected chi connectivity index (χ1v) is 11.7. The van der Waals surface area contributed by atoms with Gasteiger partial charge in [0, 0.05) is 48.4 Å². The van der Waals surface area contributed by atoms with E-state index in [0.717, 1.165) is 10.4 Å². The van der Waals surface area contributed by atoms with E-state index in [4.69, 9.17) is 11.6 Å². The number of piperidine rings is 1. The first-order chi connectivity index (χ1) is 15.2. The molecule has 0 radical (unpaired) electrons. The molecule has 0 saturated carbocycles. The van der Waals surface area contributed by atoms with E-state index in [9.17, 15) is 27.8 Å². The van der Waals surface area contributed by atoms with Crippen molar-refractivity contribution in [3.63, 3.8) is 0 Å². The number of carbonyl (C=O) groups is 1. The molecule has 1 aliphatic rings. The number of rotatable bonds is 5. The number of amides is 1. The smallest absolute Gasteiger partial charge is 0.256 e. The number of fused-ring (bicyclic) bond motifs is 1. The summed E-state index contributed by atoms with van der Waals surface area (Å²) in [4.78, 5) is 15.8. The average Bonchev–Trinajstić information content (AvgIpc) is 3.24. The lowest BCUT2D eigenvalue weighted by Crippen LogP contribution is -2.47. The molecule has 2 atom stereocenters. The van der Waals surface area contributed by atoms with Gasteiger partial charge in [-0.25, -0.2) is 12.8 Å². The summed E-state index contributed by atoms with van der Waals surface area (Å²) in [5.41, 5.74) is 0.806. The number of β-amino-alcohol motifs (C(OH)–C–C–N with tert-alkyl or cyclic N) is 1. The Morgan fingerprint density at radius 1 is 1.28 bits per heavy atom. The lowest BCUT2D eigenvalue weighted by atomic mass is 9.96. The first-order valence-electron chi connectivity index (χ1n) is 9.87. The molecule has 1 aromatic heterocycles. The van der Waals surface area contributed by atoms with Crippen molar-refractivity contribution in [3.8, 4) is 0 Å². The molecule has 1 saturated heterocycles. The highest BCUT2D eigenvalue weighted by Crippen LogP contribution is 2.29. The molecule has 1 aliphatic heterocycles. The van der Waals surface area contributed by atoms with Crippen LogP contribution >= 0.6 is 11.6 Å². The second-order valence-corrected chi connectivity index (χ2v) is 10.00. The van der Waals surface area contributed by atoms with Gasteiger partial charge >= 0.3 is 0 Å². The van der Waals surface area contributed by atoms with E-state index >= 15 is 0 Å². The van der Waals surface area contributed by atoms with Gasteiger partial charge in [-0.05, 0) is 42.8 Å². The molecule has 3 aromatic rings. The van der Waals surface area contributed by atoms with Gasteiger partial charge in [0.1, 0.15) is 5.82 Å². The Bertz CT molecular complexity index is 1280. The van der Waals surface area contributed by atoms with E-state index < -0.39 is 27.9 Å². The van der Waals surface area contributed by atoms with Crippen molar-refractivity contribution in [2.24, 2.45) is 5.92 Å². The largest absolute Gasteiger partial charge is 0.396 e. The van der Waals surface area contributed by atoms with Crippen molar-refractivity contribution in [3.05, 3.63) is 59.0 Å². The lowest BCUT2D eigenvalue weighted by molar-refractivity contribution is 0.0222. The van der Waals surface area contributed by atoms with Crippen LogP contribution in [0.1, 0.15) is 16.8 Å². The fraction of sp³-hybridized carbons (Fsp3) is 0.286. The third-order valence-electron chi connectivity index (χ3n) is 5.62. The molecule has 0 bridgehead atoms. The van der Waals surface area contributed by atoms with Crippen LogP contribution in [0.2, 0.25) is 5.02 Å². The molecule has 8 nitrogen and oxygen atoms in total. The molecule has 0 spiro atoms. The topological polar surface area (TPSA) is 123 Å². The summed E-state index contributed by atoms with van der Waals surface area (Å²) in [7, 11) is -4.02. The van der Waals surface area contributed by atoms with Gasteiger partial charge in [-0.15, -0.1) is 0 Å². The molecular weight excluding hydrogens is 461 g/mol. The van der Waals surface area contributed by atoms with Gasteiger partial charge in [-0.2, -0.15) is 4.31 Å². The number of nitrogens with one attached hydrogen (secondary N) is 2. The highest BCUT2D eigenvalue weighted by molar-refractivity contribution is 7.89. The predicted molar refractivity (Wildman–Crippen MR) is 118 cm³/mol. The Balaban J connectivity index is 1.68. The van der Waals surface area contributed by atoms with E-state index in [1.807, 2.05) is 0 Å². The molecule has 11 heteroatoms. The fourth-order valence-corrected chi connectivity index (χ4v) is 5.49. The number of aromatic amines is 1. The summed E-state index contributed by atoms with van der Waals surface area (Å²) in [6.07, 6.45) is 0.924. The number of aliphatic hydroxyl groups is 2. The number of halogens is 2. The van der Waals surface area contributed by atoms with Gasteiger partial charge in [-0.3, -0.25) is 4.79 Å². The van der Waals surface area contributed by atoms with Crippen LogP contribution in [-0.2, 0) is 10.0 Å². The summed E-state index contributed by atoms with van der Waals surface area (Å²) >= 11 is 5.77. The van der Waals surface area contributed by atoms with Crippen molar-refractivity contribution < 1.29 is 27.8 Å². The number of benzene rings is 2. The van der Waals surface area contributed by atoms with Crippen molar-refractivity contribution in [2.45, 2.75) is 17.4 Å². The normalized spacial score (nSPS) is 19.9. The van der Waals surface area contributed by atoms with Crippen LogP contribution in [0.3, 0.4) is 0 Å². The summed E-state index contributed by atoms with van der Waals surface area (Å²) in [6, 6.07) is 8.08. The number of aliphatic hydroxyl groups excluding tert-OH is 2. The summed E-state index contributed by atoms with van der Waals surface area (Å²) < 4.78 is 41.1. The average molecular weight is 482 g/mol. The minimum absolute atomic E-state index is 0.105. The van der Waals surface area contributed by atoms with E-state index in [2.05, 4.69) is 10.3 Å². The third-order valence-corrected chi connectivity index (χ3v) is 7.75. The molecule has 170 valence electrons. The molecule has 1 fully saturated rings. The standard InChI is InChI=1S/C21H21ClFN3O5S/c22-17-7-13(1-2-18(17)23)25-21(29)16-8-14(9-19-15(16)3-5-24-19)32(30,31)26-6-4-12(11-27)20(28)10-26/h1-3,5,7-9,12,20,24,27-28H,4,6,10-11H2,(H,25,29). The molecule has 2 heterocycles. The monoisotopic (exact) mass is 481 g/mol. The van der Waals surface area contributed by atoms with Gasteiger partial charge in [0.2, 0.25) is 10.0 Å². The van der Waals surface area contributed by atoms with E-state index in [1.54, 1.807) is 12.3 Å². The second kappa shape index (κ2) is 8.80. The number of sulfonamides is 1. The maximum atomic E-state index is 13.4. The number of aromatic nitrogens is 1. The summed E-state index contributed by atoms with van der Waals surface area (Å²) in [6.45, 7) is -0.226. The zero-order valence-corrected chi connectivity index (χ0v) is 18.3. The SMILES string of the molecule is O=C(Nc1ccc(F)c(Cl)c1)c1cc(S(=O)(=O)N2CCC(CO)C(O)C2)cc2[nH]ccc12. The number of carbonyl (C=O) groups excluding carboxylic acids is 1. The number of H-pyrrole nitrogens is 1. The lowest BCUT2D eigenvalue weighted by Gasteiger charge is -2.34. The number of anilines is 1. The van der Waals surface area contributed by atoms with Crippen LogP contribution < -0.4 is 5.32 Å². The minimum Gasteiger partial charge on any atom is -0.396 e. The Labute approximate surface area is 188 Å².